The standard InChI is InChI=1S/C25H19BrN2O3S/c26-21-12-6-17(7-13-21)14-24(30)31-15-23(29)28-25-27-22(16-32-25)20-10-8-19(9-11-20)18-4-2-1-3-5-18/h1-13,16H,14-15H2,(H,27,28,29). The second-order valence-electron chi connectivity index (χ2n) is 6.99. The average Bonchev–Trinajstić information content (AvgIpc) is 3.28. The summed E-state index contributed by atoms with van der Waals surface area (Å²) in [5, 5.41) is 5.02. The van der Waals surface area contributed by atoms with Crippen LogP contribution >= 0.6 is 27.3 Å². The van der Waals surface area contributed by atoms with Gasteiger partial charge >= 0.3 is 5.97 Å². The number of hydrogen-bond acceptors (Lipinski definition) is 5. The first-order valence-electron chi connectivity index (χ1n) is 9.88. The third-order valence-corrected chi connectivity index (χ3v) is 5.95. The van der Waals surface area contributed by atoms with Crippen molar-refractivity contribution < 1.29 is 14.3 Å². The first-order valence-corrected chi connectivity index (χ1v) is 11.6. The Kier molecular flexibility index (Phi) is 7.09. The second-order valence-corrected chi connectivity index (χ2v) is 8.77. The van der Waals surface area contributed by atoms with Crippen LogP contribution in [0.2, 0.25) is 0 Å². The smallest absolute Gasteiger partial charge is 0.310 e. The van der Waals surface area contributed by atoms with Crippen LogP contribution in [0, 0.1) is 0 Å². The lowest BCUT2D eigenvalue weighted by Crippen LogP contribution is -2.21. The highest BCUT2D eigenvalue weighted by Gasteiger charge is 2.12. The van der Waals surface area contributed by atoms with Gasteiger partial charge in [0.15, 0.2) is 11.7 Å². The molecule has 3 aromatic carbocycles. The van der Waals surface area contributed by atoms with Gasteiger partial charge in [-0.3, -0.25) is 14.9 Å². The monoisotopic (exact) mass is 506 g/mol. The minimum atomic E-state index is -0.458. The fraction of sp³-hybridized carbons (Fsp3) is 0.0800. The Morgan fingerprint density at radius 3 is 2.25 bits per heavy atom. The van der Waals surface area contributed by atoms with E-state index in [9.17, 15) is 9.59 Å². The number of rotatable bonds is 7. The van der Waals surface area contributed by atoms with Gasteiger partial charge in [0.1, 0.15) is 0 Å². The van der Waals surface area contributed by atoms with Crippen molar-refractivity contribution in [2.45, 2.75) is 6.42 Å². The Morgan fingerprint density at radius 2 is 1.53 bits per heavy atom. The van der Waals surface area contributed by atoms with E-state index >= 15 is 0 Å². The molecule has 1 N–H and O–H groups in total. The molecule has 1 heterocycles. The molecule has 0 aliphatic heterocycles. The highest BCUT2D eigenvalue weighted by molar-refractivity contribution is 9.10. The normalized spacial score (nSPS) is 10.5. The summed E-state index contributed by atoms with van der Waals surface area (Å²) in [4.78, 5) is 28.5. The van der Waals surface area contributed by atoms with Crippen LogP contribution in [0.5, 0.6) is 0 Å². The molecule has 4 rings (SSSR count). The maximum Gasteiger partial charge on any atom is 0.310 e. The number of nitrogens with one attached hydrogen (secondary N) is 1. The Bertz CT molecular complexity index is 1210. The van der Waals surface area contributed by atoms with E-state index in [1.807, 2.05) is 72.1 Å². The van der Waals surface area contributed by atoms with Gasteiger partial charge in [-0.2, -0.15) is 0 Å². The van der Waals surface area contributed by atoms with E-state index in [0.717, 1.165) is 32.4 Å². The van der Waals surface area contributed by atoms with E-state index in [0.29, 0.717) is 5.13 Å². The SMILES string of the molecule is O=C(COC(=O)Cc1ccc(Br)cc1)Nc1nc(-c2ccc(-c3ccccc3)cc2)cs1. The molecule has 1 amide bonds. The highest BCUT2D eigenvalue weighted by Crippen LogP contribution is 2.27. The van der Waals surface area contributed by atoms with E-state index in [-0.39, 0.29) is 13.0 Å². The first kappa shape index (κ1) is 21.9. The first-order chi connectivity index (χ1) is 15.6. The van der Waals surface area contributed by atoms with Gasteiger partial charge in [0.25, 0.3) is 5.91 Å². The number of anilines is 1. The Labute approximate surface area is 198 Å². The lowest BCUT2D eigenvalue weighted by molar-refractivity contribution is -0.146. The van der Waals surface area contributed by atoms with Crippen LogP contribution in [-0.2, 0) is 20.7 Å². The zero-order valence-electron chi connectivity index (χ0n) is 17.0. The van der Waals surface area contributed by atoms with Crippen molar-refractivity contribution in [2.24, 2.45) is 0 Å². The van der Waals surface area contributed by atoms with E-state index in [2.05, 4.69) is 38.4 Å². The quantitative estimate of drug-likeness (QED) is 0.313. The fourth-order valence-corrected chi connectivity index (χ4v) is 4.05. The molecule has 5 nitrogen and oxygen atoms in total. The maximum absolute atomic E-state index is 12.1. The Balaban J connectivity index is 1.29. The van der Waals surface area contributed by atoms with E-state index in [1.54, 1.807) is 0 Å². The molecular formula is C25H19BrN2O3S. The van der Waals surface area contributed by atoms with Crippen molar-refractivity contribution in [1.82, 2.24) is 4.98 Å². The van der Waals surface area contributed by atoms with Gasteiger partial charge in [-0.15, -0.1) is 11.3 Å². The Hall–Kier alpha value is -3.29. The van der Waals surface area contributed by atoms with Crippen molar-refractivity contribution in [1.29, 1.82) is 0 Å². The topological polar surface area (TPSA) is 68.3 Å². The number of hydrogen-bond donors (Lipinski definition) is 1. The number of amides is 1. The van der Waals surface area contributed by atoms with Gasteiger partial charge < -0.3 is 4.74 Å². The summed E-state index contributed by atoms with van der Waals surface area (Å²) < 4.78 is 6.01. The predicted molar refractivity (Wildman–Crippen MR) is 130 cm³/mol. The summed E-state index contributed by atoms with van der Waals surface area (Å²) in [5.74, 6) is -0.879. The van der Waals surface area contributed by atoms with Crippen LogP contribution < -0.4 is 5.32 Å². The van der Waals surface area contributed by atoms with Crippen LogP contribution in [0.3, 0.4) is 0 Å². The number of halogens is 1. The largest absolute Gasteiger partial charge is 0.455 e. The predicted octanol–water partition coefficient (Wildman–Crippen LogP) is 5.96. The lowest BCUT2D eigenvalue weighted by atomic mass is 10.0. The highest BCUT2D eigenvalue weighted by atomic mass is 79.9. The molecule has 1 aromatic heterocycles. The molecule has 0 fully saturated rings. The number of aromatic nitrogens is 1. The number of ether oxygens (including phenoxy) is 1. The van der Waals surface area contributed by atoms with E-state index < -0.39 is 11.9 Å². The number of esters is 1. The summed E-state index contributed by atoms with van der Waals surface area (Å²) in [6.45, 7) is -0.351. The zero-order chi connectivity index (χ0) is 22.3. The Morgan fingerprint density at radius 1 is 0.875 bits per heavy atom. The molecule has 0 aliphatic carbocycles. The summed E-state index contributed by atoms with van der Waals surface area (Å²) in [5.41, 5.74) is 4.84. The summed E-state index contributed by atoms with van der Waals surface area (Å²) in [6.07, 6.45) is 0.112. The molecule has 0 aliphatic rings. The average molecular weight is 507 g/mol. The summed E-state index contributed by atoms with van der Waals surface area (Å²) >= 11 is 4.67. The number of thiazole rings is 1. The van der Waals surface area contributed by atoms with Crippen LogP contribution in [0.25, 0.3) is 22.4 Å². The number of benzene rings is 3. The maximum atomic E-state index is 12.1. The van der Waals surface area contributed by atoms with Crippen LogP contribution in [-0.4, -0.2) is 23.5 Å². The molecule has 7 heteroatoms. The molecule has 0 atom stereocenters. The molecule has 0 radical (unpaired) electrons. The summed E-state index contributed by atoms with van der Waals surface area (Å²) in [6, 6.07) is 25.6. The zero-order valence-corrected chi connectivity index (χ0v) is 19.4. The van der Waals surface area contributed by atoms with Gasteiger partial charge in [-0.1, -0.05) is 82.7 Å². The molecule has 0 bridgehead atoms. The number of carbonyl (C=O) groups is 2. The van der Waals surface area contributed by atoms with Gasteiger partial charge in [-0.25, -0.2) is 4.98 Å². The molecule has 0 spiro atoms. The van der Waals surface area contributed by atoms with Crippen LogP contribution in [0.1, 0.15) is 5.56 Å². The lowest BCUT2D eigenvalue weighted by Gasteiger charge is -2.05. The van der Waals surface area contributed by atoms with Crippen molar-refractivity contribution in [3.8, 4) is 22.4 Å². The van der Waals surface area contributed by atoms with Gasteiger partial charge in [0, 0.05) is 15.4 Å². The third kappa shape index (κ3) is 5.90. The van der Waals surface area contributed by atoms with Crippen molar-refractivity contribution in [2.75, 3.05) is 11.9 Å². The molecule has 160 valence electrons. The second kappa shape index (κ2) is 10.3. The third-order valence-electron chi connectivity index (χ3n) is 4.66. The van der Waals surface area contributed by atoms with Crippen molar-refractivity contribution in [3.63, 3.8) is 0 Å². The van der Waals surface area contributed by atoms with Crippen LogP contribution in [0.4, 0.5) is 5.13 Å². The molecule has 0 saturated carbocycles. The molecule has 32 heavy (non-hydrogen) atoms. The van der Waals surface area contributed by atoms with E-state index in [1.165, 1.54) is 11.3 Å². The number of carbonyl (C=O) groups excluding carboxylic acids is 2. The molecule has 0 unspecified atom stereocenters. The molecular weight excluding hydrogens is 488 g/mol. The summed E-state index contributed by atoms with van der Waals surface area (Å²) in [7, 11) is 0. The molecule has 0 saturated heterocycles. The molecule has 4 aromatic rings. The van der Waals surface area contributed by atoms with Gasteiger partial charge in [0.2, 0.25) is 0 Å². The van der Waals surface area contributed by atoms with Gasteiger partial charge in [-0.05, 0) is 28.8 Å². The van der Waals surface area contributed by atoms with Gasteiger partial charge in [0.05, 0.1) is 12.1 Å². The van der Waals surface area contributed by atoms with Crippen molar-refractivity contribution in [3.05, 3.63) is 94.3 Å². The fourth-order valence-electron chi connectivity index (χ4n) is 3.05. The van der Waals surface area contributed by atoms with Crippen LogP contribution in [0.15, 0.2) is 88.7 Å². The van der Waals surface area contributed by atoms with E-state index in [4.69, 9.17) is 4.74 Å². The number of nitrogens with zero attached hydrogens (tertiary/aromatic N) is 1. The minimum Gasteiger partial charge on any atom is -0.455 e. The minimum absolute atomic E-state index is 0.112. The van der Waals surface area contributed by atoms with Crippen molar-refractivity contribution >= 4 is 44.3 Å².